The number of carbonyl (C=O) groups excluding carboxylic acids is 2. The molecule has 0 fully saturated rings. The molecule has 6 nitrogen and oxygen atoms in total. The van der Waals surface area contributed by atoms with Crippen LogP contribution in [0, 0.1) is 11.3 Å². The van der Waals surface area contributed by atoms with Gasteiger partial charge in [0, 0.05) is 5.69 Å². The summed E-state index contributed by atoms with van der Waals surface area (Å²) in [4.78, 5) is 22.5. The zero-order valence-electron chi connectivity index (χ0n) is 9.55. The lowest BCUT2D eigenvalue weighted by molar-refractivity contribution is -0.115. The molecule has 0 aliphatic heterocycles. The van der Waals surface area contributed by atoms with Crippen LogP contribution in [0.5, 0.6) is 0 Å². The van der Waals surface area contributed by atoms with Crippen molar-refractivity contribution in [3.8, 4) is 6.07 Å². The van der Waals surface area contributed by atoms with Gasteiger partial charge < -0.3 is 15.2 Å². The fourth-order valence-corrected chi connectivity index (χ4v) is 1.19. The van der Waals surface area contributed by atoms with Crippen molar-refractivity contribution >= 4 is 17.6 Å². The molecule has 1 aromatic carbocycles. The molecule has 0 spiro atoms. The SMILES string of the molecule is N#CCC(=O)Nc1ccc(C(=O)OCCO)cc1. The second kappa shape index (κ2) is 7.04. The smallest absolute Gasteiger partial charge is 0.338 e. The number of nitrogens with zero attached hydrogens (tertiary/aromatic N) is 1. The third kappa shape index (κ3) is 4.23. The number of aliphatic hydroxyl groups excluding tert-OH is 1. The Hall–Kier alpha value is -2.39. The summed E-state index contributed by atoms with van der Waals surface area (Å²) in [5.41, 5.74) is 0.815. The minimum atomic E-state index is -0.543. The van der Waals surface area contributed by atoms with Gasteiger partial charge >= 0.3 is 5.97 Å². The van der Waals surface area contributed by atoms with Gasteiger partial charge in [0.05, 0.1) is 18.2 Å². The Morgan fingerprint density at radius 3 is 2.56 bits per heavy atom. The topological polar surface area (TPSA) is 99.4 Å². The Kier molecular flexibility index (Phi) is 5.35. The molecular weight excluding hydrogens is 236 g/mol. The number of benzene rings is 1. The first kappa shape index (κ1) is 13.7. The number of hydrogen-bond donors (Lipinski definition) is 2. The van der Waals surface area contributed by atoms with E-state index in [4.69, 9.17) is 15.1 Å². The quantitative estimate of drug-likeness (QED) is 0.747. The fraction of sp³-hybridized carbons (Fsp3) is 0.250. The standard InChI is InChI=1S/C12H12N2O4/c13-6-5-11(16)14-10-3-1-9(2-4-10)12(17)18-8-7-15/h1-4,15H,5,7-8H2,(H,14,16). The van der Waals surface area contributed by atoms with E-state index in [0.29, 0.717) is 11.3 Å². The summed E-state index contributed by atoms with van der Waals surface area (Å²) in [6.45, 7) is -0.284. The highest BCUT2D eigenvalue weighted by atomic mass is 16.5. The average molecular weight is 248 g/mol. The summed E-state index contributed by atoms with van der Waals surface area (Å²) >= 11 is 0. The van der Waals surface area contributed by atoms with Crippen LogP contribution in [0.25, 0.3) is 0 Å². The van der Waals surface area contributed by atoms with Gasteiger partial charge in [-0.25, -0.2) is 4.79 Å². The number of nitrogens with one attached hydrogen (secondary N) is 1. The molecule has 18 heavy (non-hydrogen) atoms. The molecule has 0 unspecified atom stereocenters. The van der Waals surface area contributed by atoms with Crippen molar-refractivity contribution in [3.05, 3.63) is 29.8 Å². The van der Waals surface area contributed by atoms with Crippen molar-refractivity contribution in [1.29, 1.82) is 5.26 Å². The van der Waals surface area contributed by atoms with Gasteiger partial charge in [0.25, 0.3) is 0 Å². The Morgan fingerprint density at radius 2 is 2.00 bits per heavy atom. The largest absolute Gasteiger partial charge is 0.460 e. The number of carbonyl (C=O) groups is 2. The van der Waals surface area contributed by atoms with Gasteiger partial charge in [-0.05, 0) is 24.3 Å². The van der Waals surface area contributed by atoms with Crippen LogP contribution in [0.15, 0.2) is 24.3 Å². The van der Waals surface area contributed by atoms with Crippen molar-refractivity contribution in [2.24, 2.45) is 0 Å². The van der Waals surface area contributed by atoms with E-state index in [1.165, 1.54) is 24.3 Å². The van der Waals surface area contributed by atoms with Crippen LogP contribution in [-0.2, 0) is 9.53 Å². The molecule has 94 valence electrons. The molecule has 0 bridgehead atoms. The highest BCUT2D eigenvalue weighted by molar-refractivity contribution is 5.93. The lowest BCUT2D eigenvalue weighted by Gasteiger charge is -2.05. The number of aliphatic hydroxyl groups is 1. The summed E-state index contributed by atoms with van der Waals surface area (Å²) in [6, 6.07) is 7.77. The Balaban J connectivity index is 2.60. The van der Waals surface area contributed by atoms with E-state index >= 15 is 0 Å². The van der Waals surface area contributed by atoms with E-state index in [1.54, 1.807) is 6.07 Å². The van der Waals surface area contributed by atoms with E-state index in [-0.39, 0.29) is 19.6 Å². The van der Waals surface area contributed by atoms with E-state index in [0.717, 1.165) is 0 Å². The van der Waals surface area contributed by atoms with Crippen molar-refractivity contribution in [2.45, 2.75) is 6.42 Å². The minimum absolute atomic E-state index is 0.0561. The second-order valence-electron chi connectivity index (χ2n) is 3.32. The van der Waals surface area contributed by atoms with Crippen molar-refractivity contribution < 1.29 is 19.4 Å². The molecule has 1 amide bonds. The number of amides is 1. The van der Waals surface area contributed by atoms with Crippen LogP contribution in [0.4, 0.5) is 5.69 Å². The predicted octanol–water partition coefficient (Wildman–Crippen LogP) is 0.688. The fourth-order valence-electron chi connectivity index (χ4n) is 1.19. The first-order valence-corrected chi connectivity index (χ1v) is 5.22. The molecule has 2 N–H and O–H groups in total. The molecule has 1 rings (SSSR count). The Bertz CT molecular complexity index is 462. The van der Waals surface area contributed by atoms with Crippen LogP contribution < -0.4 is 5.32 Å². The number of ether oxygens (including phenoxy) is 1. The van der Waals surface area contributed by atoms with Gasteiger partial charge in [-0.1, -0.05) is 0 Å². The van der Waals surface area contributed by atoms with Gasteiger partial charge in [0.2, 0.25) is 5.91 Å². The van der Waals surface area contributed by atoms with Gasteiger partial charge in [-0.15, -0.1) is 0 Å². The van der Waals surface area contributed by atoms with E-state index in [9.17, 15) is 9.59 Å². The normalized spacial score (nSPS) is 9.33. The molecule has 0 saturated carbocycles. The molecular formula is C12H12N2O4. The summed E-state index contributed by atoms with van der Waals surface area (Å²) < 4.78 is 4.72. The third-order valence-corrected chi connectivity index (χ3v) is 1.97. The predicted molar refractivity (Wildman–Crippen MR) is 62.7 cm³/mol. The zero-order chi connectivity index (χ0) is 13.4. The molecule has 0 aliphatic rings. The Labute approximate surface area is 104 Å². The maximum atomic E-state index is 11.4. The monoisotopic (exact) mass is 248 g/mol. The van der Waals surface area contributed by atoms with E-state index in [1.807, 2.05) is 0 Å². The number of anilines is 1. The maximum Gasteiger partial charge on any atom is 0.338 e. The lowest BCUT2D eigenvalue weighted by atomic mass is 10.2. The summed E-state index contributed by atoms with van der Waals surface area (Å²) in [6.07, 6.45) is -0.222. The van der Waals surface area contributed by atoms with E-state index in [2.05, 4.69) is 5.32 Å². The first-order valence-electron chi connectivity index (χ1n) is 5.22. The summed E-state index contributed by atoms with van der Waals surface area (Å²) in [5, 5.41) is 19.3. The number of rotatable bonds is 5. The van der Waals surface area contributed by atoms with Gasteiger partial charge in [-0.2, -0.15) is 5.26 Å². The summed E-state index contributed by atoms with van der Waals surface area (Å²) in [7, 11) is 0. The molecule has 0 heterocycles. The molecule has 0 saturated heterocycles. The maximum absolute atomic E-state index is 11.4. The zero-order valence-corrected chi connectivity index (χ0v) is 9.55. The summed E-state index contributed by atoms with van der Waals surface area (Å²) in [5.74, 6) is -0.952. The number of nitriles is 1. The lowest BCUT2D eigenvalue weighted by Crippen LogP contribution is -2.11. The molecule has 0 atom stereocenters. The molecule has 0 aliphatic carbocycles. The van der Waals surface area contributed by atoms with Crippen molar-refractivity contribution in [3.63, 3.8) is 0 Å². The molecule has 0 aromatic heterocycles. The average Bonchev–Trinajstić information content (AvgIpc) is 2.37. The highest BCUT2D eigenvalue weighted by Crippen LogP contribution is 2.10. The van der Waals surface area contributed by atoms with Gasteiger partial charge in [0.1, 0.15) is 13.0 Å². The van der Waals surface area contributed by atoms with Crippen molar-refractivity contribution in [1.82, 2.24) is 0 Å². The number of esters is 1. The van der Waals surface area contributed by atoms with E-state index < -0.39 is 11.9 Å². The molecule has 1 aromatic rings. The van der Waals surface area contributed by atoms with Crippen LogP contribution >= 0.6 is 0 Å². The van der Waals surface area contributed by atoms with Crippen LogP contribution in [0.2, 0.25) is 0 Å². The van der Waals surface area contributed by atoms with Gasteiger partial charge in [-0.3, -0.25) is 4.79 Å². The second-order valence-corrected chi connectivity index (χ2v) is 3.32. The third-order valence-electron chi connectivity index (χ3n) is 1.97. The first-order chi connectivity index (χ1) is 8.67. The van der Waals surface area contributed by atoms with Crippen LogP contribution in [0.3, 0.4) is 0 Å². The van der Waals surface area contributed by atoms with Crippen molar-refractivity contribution in [2.75, 3.05) is 18.5 Å². The van der Waals surface area contributed by atoms with Gasteiger partial charge in [0.15, 0.2) is 0 Å². The Morgan fingerprint density at radius 1 is 1.33 bits per heavy atom. The van der Waals surface area contributed by atoms with Crippen LogP contribution in [-0.4, -0.2) is 30.2 Å². The molecule has 0 radical (unpaired) electrons. The van der Waals surface area contributed by atoms with Crippen LogP contribution in [0.1, 0.15) is 16.8 Å². The minimum Gasteiger partial charge on any atom is -0.460 e. The highest BCUT2D eigenvalue weighted by Gasteiger charge is 2.07. The number of hydrogen-bond acceptors (Lipinski definition) is 5. The molecule has 6 heteroatoms.